The van der Waals surface area contributed by atoms with Crippen molar-refractivity contribution in [1.82, 2.24) is 19.9 Å². The fraction of sp³-hybridized carbons (Fsp3) is 0. The minimum Gasteiger partial charge on any atom is -0.399 e. The average molecular weight is 450 g/mol. The third-order valence-corrected chi connectivity index (χ3v) is 6.41. The molecule has 0 fully saturated rings. The van der Waals surface area contributed by atoms with Crippen LogP contribution in [0.15, 0.2) is 103 Å². The van der Waals surface area contributed by atoms with Crippen molar-refractivity contribution in [3.05, 3.63) is 103 Å². The average Bonchev–Trinajstić information content (AvgIpc) is 2.92. The van der Waals surface area contributed by atoms with Crippen LogP contribution in [0.1, 0.15) is 0 Å². The summed E-state index contributed by atoms with van der Waals surface area (Å²) in [7, 11) is 0. The van der Waals surface area contributed by atoms with E-state index in [2.05, 4.69) is 64.6 Å². The molecule has 4 heterocycles. The van der Waals surface area contributed by atoms with Crippen molar-refractivity contribution in [2.75, 3.05) is 5.73 Å². The van der Waals surface area contributed by atoms with Crippen LogP contribution in [0.2, 0.25) is 0 Å². The second-order valence-corrected chi connectivity index (χ2v) is 8.66. The first kappa shape index (κ1) is 19.6. The van der Waals surface area contributed by atoms with Gasteiger partial charge in [0, 0.05) is 50.8 Å². The number of benzene rings is 3. The number of aromatic nitrogens is 4. The molecule has 7 aromatic rings. The van der Waals surface area contributed by atoms with Crippen molar-refractivity contribution in [2.24, 2.45) is 0 Å². The van der Waals surface area contributed by atoms with E-state index in [0.29, 0.717) is 5.69 Å². The summed E-state index contributed by atoms with van der Waals surface area (Å²) in [6, 6.07) is 30.5. The molecule has 0 bridgehead atoms. The maximum Gasteiger partial charge on any atom is 0.0972 e. The van der Waals surface area contributed by atoms with E-state index in [9.17, 15) is 0 Å². The summed E-state index contributed by atoms with van der Waals surface area (Å²) < 4.78 is 0. The first-order valence-corrected chi connectivity index (χ1v) is 11.4. The van der Waals surface area contributed by atoms with Gasteiger partial charge in [0.05, 0.1) is 33.5 Å². The summed E-state index contributed by atoms with van der Waals surface area (Å²) in [5.74, 6) is 0. The summed E-state index contributed by atoms with van der Waals surface area (Å²) in [5, 5.41) is 4.25. The minimum absolute atomic E-state index is 0.661. The van der Waals surface area contributed by atoms with Crippen LogP contribution in [0.5, 0.6) is 0 Å². The number of nitrogen functional groups attached to an aromatic ring is 1. The molecule has 0 aliphatic rings. The van der Waals surface area contributed by atoms with Crippen LogP contribution in [0, 0.1) is 0 Å². The number of nitrogens with two attached hydrogens (primary N) is 1. The SMILES string of the molecule is Nc1cc(-c2ccc3ccc4cccnc4c3n2)cc(-c2ccc3ccc4cccnc4c3n2)c1. The van der Waals surface area contributed by atoms with Gasteiger partial charge in [-0.1, -0.05) is 48.5 Å². The van der Waals surface area contributed by atoms with Gasteiger partial charge < -0.3 is 5.73 Å². The monoisotopic (exact) mass is 449 g/mol. The third kappa shape index (κ3) is 3.25. The van der Waals surface area contributed by atoms with Gasteiger partial charge in [-0.25, -0.2) is 9.97 Å². The highest BCUT2D eigenvalue weighted by Crippen LogP contribution is 2.32. The molecule has 3 aromatic carbocycles. The fourth-order valence-corrected chi connectivity index (χ4v) is 4.72. The molecule has 2 N–H and O–H groups in total. The summed E-state index contributed by atoms with van der Waals surface area (Å²) >= 11 is 0. The molecule has 0 amide bonds. The van der Waals surface area contributed by atoms with Gasteiger partial charge in [-0.05, 0) is 42.5 Å². The van der Waals surface area contributed by atoms with Gasteiger partial charge in [-0.15, -0.1) is 0 Å². The zero-order valence-corrected chi connectivity index (χ0v) is 18.7. The Hall–Kier alpha value is -4.90. The molecule has 0 saturated heterocycles. The lowest BCUT2D eigenvalue weighted by molar-refractivity contribution is 1.36. The summed E-state index contributed by atoms with van der Waals surface area (Å²) in [4.78, 5) is 19.1. The van der Waals surface area contributed by atoms with Gasteiger partial charge in [0.15, 0.2) is 0 Å². The van der Waals surface area contributed by atoms with E-state index in [-0.39, 0.29) is 0 Å². The Morgan fingerprint density at radius 1 is 0.457 bits per heavy atom. The smallest absolute Gasteiger partial charge is 0.0972 e. The van der Waals surface area contributed by atoms with Gasteiger partial charge in [0.2, 0.25) is 0 Å². The second kappa shape index (κ2) is 7.57. The lowest BCUT2D eigenvalue weighted by Gasteiger charge is -2.10. The van der Waals surface area contributed by atoms with Crippen LogP contribution < -0.4 is 5.73 Å². The summed E-state index contributed by atoms with van der Waals surface area (Å²) in [6.45, 7) is 0. The van der Waals surface area contributed by atoms with Crippen LogP contribution in [0.4, 0.5) is 5.69 Å². The zero-order chi connectivity index (χ0) is 23.4. The molecule has 0 aliphatic heterocycles. The second-order valence-electron chi connectivity index (χ2n) is 8.66. The van der Waals surface area contributed by atoms with E-state index in [1.165, 1.54) is 0 Å². The molecule has 5 heteroatoms. The topological polar surface area (TPSA) is 77.6 Å². The molecule has 5 nitrogen and oxygen atoms in total. The van der Waals surface area contributed by atoms with E-state index >= 15 is 0 Å². The lowest BCUT2D eigenvalue weighted by Crippen LogP contribution is -1.93. The molecule has 164 valence electrons. The Bertz CT molecular complexity index is 1790. The molecular weight excluding hydrogens is 430 g/mol. The van der Waals surface area contributed by atoms with Crippen LogP contribution in [0.25, 0.3) is 66.1 Å². The standard InChI is InChI=1S/C30H19N5/c31-24-16-22(25-11-9-20-7-5-18-3-1-13-32-27(18)29(20)34-25)15-23(17-24)26-12-10-21-8-6-19-4-2-14-33-28(19)30(21)35-26/h1-17H,31H2. The minimum atomic E-state index is 0.661. The fourth-order valence-electron chi connectivity index (χ4n) is 4.72. The Morgan fingerprint density at radius 2 is 0.886 bits per heavy atom. The van der Waals surface area contributed by atoms with Crippen molar-refractivity contribution in [2.45, 2.75) is 0 Å². The molecule has 0 spiro atoms. The molecule has 0 radical (unpaired) electrons. The zero-order valence-electron chi connectivity index (χ0n) is 18.7. The van der Waals surface area contributed by atoms with Crippen LogP contribution in [-0.4, -0.2) is 19.9 Å². The number of hydrogen-bond acceptors (Lipinski definition) is 5. The van der Waals surface area contributed by atoms with Crippen molar-refractivity contribution in [3.63, 3.8) is 0 Å². The van der Waals surface area contributed by atoms with Gasteiger partial charge in [-0.2, -0.15) is 0 Å². The van der Waals surface area contributed by atoms with Crippen LogP contribution >= 0.6 is 0 Å². The Labute approximate surface area is 200 Å². The molecule has 0 aliphatic carbocycles. The number of hydrogen-bond donors (Lipinski definition) is 1. The first-order chi connectivity index (χ1) is 17.2. The molecule has 7 rings (SSSR count). The van der Waals surface area contributed by atoms with E-state index in [1.54, 1.807) is 12.4 Å². The van der Waals surface area contributed by atoms with Crippen molar-refractivity contribution in [1.29, 1.82) is 0 Å². The quantitative estimate of drug-likeness (QED) is 0.232. The Balaban J connectivity index is 1.40. The predicted molar refractivity (Wildman–Crippen MR) is 143 cm³/mol. The van der Waals surface area contributed by atoms with Crippen LogP contribution in [-0.2, 0) is 0 Å². The van der Waals surface area contributed by atoms with E-state index in [4.69, 9.17) is 15.7 Å². The number of fused-ring (bicyclic) bond motifs is 6. The molecule has 4 aromatic heterocycles. The maximum atomic E-state index is 6.36. The number of nitrogens with zero attached hydrogens (tertiary/aromatic N) is 4. The highest BCUT2D eigenvalue weighted by molar-refractivity contribution is 6.04. The van der Waals surface area contributed by atoms with Crippen molar-refractivity contribution in [3.8, 4) is 22.5 Å². The summed E-state index contributed by atoms with van der Waals surface area (Å²) in [5.41, 5.74) is 14.1. The van der Waals surface area contributed by atoms with E-state index in [0.717, 1.165) is 66.1 Å². The van der Waals surface area contributed by atoms with Gasteiger partial charge in [0.1, 0.15) is 0 Å². The molecule has 35 heavy (non-hydrogen) atoms. The molecule has 0 unspecified atom stereocenters. The highest BCUT2D eigenvalue weighted by atomic mass is 14.8. The Kier molecular flexibility index (Phi) is 4.23. The normalized spacial score (nSPS) is 11.5. The molecule has 0 saturated carbocycles. The predicted octanol–water partition coefficient (Wildman–Crippen LogP) is 6.80. The van der Waals surface area contributed by atoms with Crippen molar-refractivity contribution >= 4 is 49.3 Å². The van der Waals surface area contributed by atoms with Gasteiger partial charge in [-0.3, -0.25) is 9.97 Å². The van der Waals surface area contributed by atoms with E-state index < -0.39 is 0 Å². The third-order valence-electron chi connectivity index (χ3n) is 6.41. The maximum absolute atomic E-state index is 6.36. The Morgan fingerprint density at radius 3 is 1.37 bits per heavy atom. The first-order valence-electron chi connectivity index (χ1n) is 11.4. The highest BCUT2D eigenvalue weighted by Gasteiger charge is 2.11. The number of anilines is 1. The number of rotatable bonds is 2. The van der Waals surface area contributed by atoms with Gasteiger partial charge >= 0.3 is 0 Å². The molecule has 0 atom stereocenters. The lowest BCUT2D eigenvalue weighted by atomic mass is 10.0. The van der Waals surface area contributed by atoms with Crippen molar-refractivity contribution < 1.29 is 0 Å². The summed E-state index contributed by atoms with van der Waals surface area (Å²) in [6.07, 6.45) is 3.61. The van der Waals surface area contributed by atoms with Gasteiger partial charge in [0.25, 0.3) is 0 Å². The van der Waals surface area contributed by atoms with E-state index in [1.807, 2.05) is 36.4 Å². The van der Waals surface area contributed by atoms with Crippen LogP contribution in [0.3, 0.4) is 0 Å². The largest absolute Gasteiger partial charge is 0.399 e. The number of pyridine rings is 4. The molecular formula is C30H19N5.